The Labute approximate surface area is 57.9 Å². The predicted molar refractivity (Wildman–Crippen MR) is 35.7 cm³/mol. The van der Waals surface area contributed by atoms with Gasteiger partial charge in [-0.25, -0.2) is 0 Å². The third-order valence-electron chi connectivity index (χ3n) is 1.40. The summed E-state index contributed by atoms with van der Waals surface area (Å²) in [7, 11) is 0. The van der Waals surface area contributed by atoms with Gasteiger partial charge in [0.15, 0.2) is 0 Å². The molecule has 1 aromatic heterocycles. The summed E-state index contributed by atoms with van der Waals surface area (Å²) < 4.78 is 0. The molecule has 2 heterocycles. The fraction of sp³-hybridized carbons (Fsp3) is 0.333. The standard InChI is InChI=1S/C6H7N3O/c1-3-7-8-5(1)6-2-4-10-9-6/h1,3H,2,4H2,(H,7,8). The highest BCUT2D eigenvalue weighted by molar-refractivity contribution is 5.99. The SMILES string of the molecule is c1cc(C2=NOCC2)n[nH]1. The molecular weight excluding hydrogens is 130 g/mol. The van der Waals surface area contributed by atoms with Crippen molar-refractivity contribution in [3.63, 3.8) is 0 Å². The Hall–Kier alpha value is -1.32. The lowest BCUT2D eigenvalue weighted by atomic mass is 10.2. The minimum absolute atomic E-state index is 0.683. The number of aromatic nitrogens is 2. The summed E-state index contributed by atoms with van der Waals surface area (Å²) >= 11 is 0. The maximum atomic E-state index is 4.81. The molecule has 0 aliphatic carbocycles. The zero-order chi connectivity index (χ0) is 6.81. The van der Waals surface area contributed by atoms with Crippen LogP contribution < -0.4 is 0 Å². The Morgan fingerprint density at radius 1 is 1.60 bits per heavy atom. The molecule has 0 aromatic carbocycles. The van der Waals surface area contributed by atoms with E-state index in [1.165, 1.54) is 0 Å². The lowest BCUT2D eigenvalue weighted by molar-refractivity contribution is 0.174. The van der Waals surface area contributed by atoms with E-state index in [1.54, 1.807) is 6.20 Å². The summed E-state index contributed by atoms with van der Waals surface area (Å²) in [5.74, 6) is 0. The van der Waals surface area contributed by atoms with Gasteiger partial charge in [0.25, 0.3) is 0 Å². The van der Waals surface area contributed by atoms with Crippen molar-refractivity contribution in [2.24, 2.45) is 5.16 Å². The number of H-pyrrole nitrogens is 1. The van der Waals surface area contributed by atoms with Crippen molar-refractivity contribution >= 4 is 5.71 Å². The van der Waals surface area contributed by atoms with Crippen LogP contribution in [-0.2, 0) is 4.84 Å². The topological polar surface area (TPSA) is 50.3 Å². The quantitative estimate of drug-likeness (QED) is 0.614. The monoisotopic (exact) mass is 137 g/mol. The summed E-state index contributed by atoms with van der Waals surface area (Å²) in [4.78, 5) is 4.81. The van der Waals surface area contributed by atoms with Crippen LogP contribution in [0.5, 0.6) is 0 Å². The highest BCUT2D eigenvalue weighted by Crippen LogP contribution is 2.06. The fourth-order valence-electron chi connectivity index (χ4n) is 0.907. The third-order valence-corrected chi connectivity index (χ3v) is 1.40. The Morgan fingerprint density at radius 2 is 2.60 bits per heavy atom. The van der Waals surface area contributed by atoms with Gasteiger partial charge in [-0.1, -0.05) is 5.16 Å². The van der Waals surface area contributed by atoms with Crippen LogP contribution in [0.3, 0.4) is 0 Å². The predicted octanol–water partition coefficient (Wildman–Crippen LogP) is 0.534. The molecule has 2 rings (SSSR count). The van der Waals surface area contributed by atoms with Crippen LogP contribution in [0.25, 0.3) is 0 Å². The molecule has 1 aliphatic heterocycles. The maximum Gasteiger partial charge on any atom is 0.122 e. The van der Waals surface area contributed by atoms with Crippen LogP contribution in [0.15, 0.2) is 17.4 Å². The summed E-state index contributed by atoms with van der Waals surface area (Å²) in [6, 6.07) is 1.88. The van der Waals surface area contributed by atoms with Crippen molar-refractivity contribution < 1.29 is 4.84 Å². The van der Waals surface area contributed by atoms with Crippen LogP contribution in [0.1, 0.15) is 12.1 Å². The first kappa shape index (κ1) is 5.46. The van der Waals surface area contributed by atoms with E-state index in [1.807, 2.05) is 6.07 Å². The van der Waals surface area contributed by atoms with E-state index >= 15 is 0 Å². The average molecular weight is 137 g/mol. The number of hydrogen-bond acceptors (Lipinski definition) is 3. The Bertz CT molecular complexity index is 240. The first-order valence-corrected chi connectivity index (χ1v) is 3.16. The molecule has 0 amide bonds. The second-order valence-electron chi connectivity index (χ2n) is 2.08. The molecule has 0 radical (unpaired) electrons. The molecule has 1 aromatic rings. The van der Waals surface area contributed by atoms with Gasteiger partial charge in [0.1, 0.15) is 18.0 Å². The molecule has 0 spiro atoms. The van der Waals surface area contributed by atoms with Crippen molar-refractivity contribution in [3.8, 4) is 0 Å². The number of aromatic amines is 1. The first-order chi connectivity index (χ1) is 4.97. The second-order valence-corrected chi connectivity index (χ2v) is 2.08. The van der Waals surface area contributed by atoms with Gasteiger partial charge in [-0.05, 0) is 6.07 Å². The Kier molecular flexibility index (Phi) is 1.16. The number of nitrogens with one attached hydrogen (secondary N) is 1. The van der Waals surface area contributed by atoms with Gasteiger partial charge in [0, 0.05) is 12.6 Å². The summed E-state index contributed by atoms with van der Waals surface area (Å²) in [6.45, 7) is 0.683. The Balaban J connectivity index is 2.28. The van der Waals surface area contributed by atoms with Crippen molar-refractivity contribution in [2.75, 3.05) is 6.61 Å². The normalized spacial score (nSPS) is 16.6. The molecule has 4 nitrogen and oxygen atoms in total. The van der Waals surface area contributed by atoms with Crippen molar-refractivity contribution in [1.29, 1.82) is 0 Å². The van der Waals surface area contributed by atoms with Crippen LogP contribution in [-0.4, -0.2) is 22.5 Å². The van der Waals surface area contributed by atoms with E-state index in [2.05, 4.69) is 15.4 Å². The Morgan fingerprint density at radius 3 is 3.20 bits per heavy atom. The summed E-state index contributed by atoms with van der Waals surface area (Å²) in [6.07, 6.45) is 2.64. The molecule has 0 bridgehead atoms. The molecule has 52 valence electrons. The number of hydrogen-bond donors (Lipinski definition) is 1. The van der Waals surface area contributed by atoms with Crippen LogP contribution >= 0.6 is 0 Å². The van der Waals surface area contributed by atoms with Crippen LogP contribution in [0.4, 0.5) is 0 Å². The lowest BCUT2D eigenvalue weighted by Gasteiger charge is -1.85. The van der Waals surface area contributed by atoms with E-state index in [0.717, 1.165) is 17.8 Å². The smallest absolute Gasteiger partial charge is 0.122 e. The number of oxime groups is 1. The van der Waals surface area contributed by atoms with Crippen molar-refractivity contribution in [2.45, 2.75) is 6.42 Å². The van der Waals surface area contributed by atoms with Crippen molar-refractivity contribution in [1.82, 2.24) is 10.2 Å². The number of nitrogens with zero attached hydrogens (tertiary/aromatic N) is 2. The third kappa shape index (κ3) is 0.775. The molecule has 4 heteroatoms. The molecule has 0 saturated heterocycles. The van der Waals surface area contributed by atoms with Gasteiger partial charge in [0.05, 0.1) is 0 Å². The largest absolute Gasteiger partial charge is 0.395 e. The van der Waals surface area contributed by atoms with Crippen LogP contribution in [0, 0.1) is 0 Å². The highest BCUT2D eigenvalue weighted by Gasteiger charge is 2.11. The van der Waals surface area contributed by atoms with Gasteiger partial charge in [-0.3, -0.25) is 5.10 Å². The lowest BCUT2D eigenvalue weighted by Crippen LogP contribution is -1.96. The van der Waals surface area contributed by atoms with Gasteiger partial charge in [0.2, 0.25) is 0 Å². The minimum Gasteiger partial charge on any atom is -0.395 e. The molecule has 0 saturated carbocycles. The van der Waals surface area contributed by atoms with Crippen LogP contribution in [0.2, 0.25) is 0 Å². The molecule has 1 N–H and O–H groups in total. The highest BCUT2D eigenvalue weighted by atomic mass is 16.6. The molecule has 1 aliphatic rings. The van der Waals surface area contributed by atoms with Gasteiger partial charge < -0.3 is 4.84 Å². The van der Waals surface area contributed by atoms with Gasteiger partial charge >= 0.3 is 0 Å². The van der Waals surface area contributed by atoms with E-state index in [4.69, 9.17) is 4.84 Å². The summed E-state index contributed by atoms with van der Waals surface area (Å²) in [5, 5.41) is 10.5. The average Bonchev–Trinajstić information content (AvgIpc) is 2.59. The van der Waals surface area contributed by atoms with Gasteiger partial charge in [-0.2, -0.15) is 5.10 Å². The van der Waals surface area contributed by atoms with Gasteiger partial charge in [-0.15, -0.1) is 0 Å². The molecule has 10 heavy (non-hydrogen) atoms. The van der Waals surface area contributed by atoms with E-state index in [9.17, 15) is 0 Å². The summed E-state index contributed by atoms with van der Waals surface area (Å²) in [5.41, 5.74) is 1.82. The molecule has 0 unspecified atom stereocenters. The molecular formula is C6H7N3O. The first-order valence-electron chi connectivity index (χ1n) is 3.16. The zero-order valence-electron chi connectivity index (χ0n) is 5.37. The zero-order valence-corrected chi connectivity index (χ0v) is 5.37. The van der Waals surface area contributed by atoms with Crippen molar-refractivity contribution in [3.05, 3.63) is 18.0 Å². The fourth-order valence-corrected chi connectivity index (χ4v) is 0.907. The van der Waals surface area contributed by atoms with E-state index < -0.39 is 0 Å². The molecule has 0 atom stereocenters. The van der Waals surface area contributed by atoms with E-state index in [0.29, 0.717) is 6.61 Å². The second kappa shape index (κ2) is 2.13. The van der Waals surface area contributed by atoms with E-state index in [-0.39, 0.29) is 0 Å². The minimum atomic E-state index is 0.683. The molecule has 0 fully saturated rings. The number of rotatable bonds is 1. The maximum absolute atomic E-state index is 4.81.